The van der Waals surface area contributed by atoms with Gasteiger partial charge in [-0.3, -0.25) is 15.2 Å². The number of carbonyl (C=O) groups is 1. The summed E-state index contributed by atoms with van der Waals surface area (Å²) in [6.45, 7) is -0.326. The van der Waals surface area contributed by atoms with Gasteiger partial charge in [0.2, 0.25) is 0 Å². The summed E-state index contributed by atoms with van der Waals surface area (Å²) in [5.74, 6) is -0.709. The van der Waals surface area contributed by atoms with Crippen molar-refractivity contribution in [1.82, 2.24) is 5.39 Å². The van der Waals surface area contributed by atoms with E-state index in [1.807, 2.05) is 0 Å². The van der Waals surface area contributed by atoms with Crippen molar-refractivity contribution in [2.45, 2.75) is 6.04 Å². The van der Waals surface area contributed by atoms with Crippen molar-refractivity contribution in [3.63, 3.8) is 0 Å². The van der Waals surface area contributed by atoms with Crippen LogP contribution in [0.25, 0.3) is 0 Å². The Balaban J connectivity index is 3.24. The molecular formula is C7H16N2O7. The van der Waals surface area contributed by atoms with Gasteiger partial charge in [-0.1, -0.05) is 0 Å². The summed E-state index contributed by atoms with van der Waals surface area (Å²) in [4.78, 5) is 15.1. The van der Waals surface area contributed by atoms with Gasteiger partial charge in [-0.2, -0.15) is 0 Å². The zero-order valence-electron chi connectivity index (χ0n) is 8.61. The molecule has 0 fully saturated rings. The van der Waals surface area contributed by atoms with Gasteiger partial charge in [-0.15, -0.1) is 0 Å². The van der Waals surface area contributed by atoms with Crippen molar-refractivity contribution in [1.29, 1.82) is 0 Å². The molecule has 9 nitrogen and oxygen atoms in total. The molecule has 96 valence electrons. The van der Waals surface area contributed by atoms with Gasteiger partial charge in [0.15, 0.2) is 0 Å². The normalized spacial score (nSPS) is 12.8. The molecule has 1 unspecified atom stereocenters. The van der Waals surface area contributed by atoms with E-state index in [9.17, 15) is 4.79 Å². The number of hydrogen-bond acceptors (Lipinski definition) is 9. The summed E-state index contributed by atoms with van der Waals surface area (Å²) in [5.41, 5.74) is 5.17. The third-order valence-electron chi connectivity index (χ3n) is 1.41. The van der Waals surface area contributed by atoms with Crippen LogP contribution < -0.4 is 5.73 Å². The lowest BCUT2D eigenvalue weighted by Gasteiger charge is -2.09. The molecule has 0 aliphatic rings. The molecule has 0 aliphatic heterocycles. The second-order valence-electron chi connectivity index (χ2n) is 2.65. The Kier molecular flexibility index (Phi) is 8.94. The van der Waals surface area contributed by atoms with Crippen LogP contribution in [0.15, 0.2) is 0 Å². The highest BCUT2D eigenvalue weighted by atomic mass is 17.1. The molecule has 0 aromatic rings. The Morgan fingerprint density at radius 1 is 1.25 bits per heavy atom. The lowest BCUT2D eigenvalue weighted by Crippen LogP contribution is -2.36. The average molecular weight is 240 g/mol. The summed E-state index contributed by atoms with van der Waals surface area (Å²) < 4.78 is 9.52. The maximum Gasteiger partial charge on any atom is 0.325 e. The highest BCUT2D eigenvalue weighted by molar-refractivity contribution is 5.75. The Morgan fingerprint density at radius 2 is 1.88 bits per heavy atom. The summed E-state index contributed by atoms with van der Waals surface area (Å²) in [5, 5.41) is 24.3. The van der Waals surface area contributed by atoms with Gasteiger partial charge >= 0.3 is 5.97 Å². The molecular weight excluding hydrogens is 224 g/mol. The van der Waals surface area contributed by atoms with Crippen LogP contribution in [0.1, 0.15) is 0 Å². The van der Waals surface area contributed by atoms with Crippen molar-refractivity contribution in [2.75, 3.05) is 33.0 Å². The van der Waals surface area contributed by atoms with Crippen LogP contribution in [-0.4, -0.2) is 66.0 Å². The van der Waals surface area contributed by atoms with E-state index < -0.39 is 24.0 Å². The van der Waals surface area contributed by atoms with Crippen LogP contribution in [-0.2, 0) is 19.1 Å². The number of rotatable bonds is 9. The highest BCUT2D eigenvalue weighted by Gasteiger charge is 2.12. The summed E-state index contributed by atoms with van der Waals surface area (Å²) >= 11 is 0. The zero-order valence-corrected chi connectivity index (χ0v) is 8.61. The van der Waals surface area contributed by atoms with E-state index in [-0.39, 0.29) is 26.4 Å². The standard InChI is InChI=1S/C7H16N2O7/c8-6(5-10)7(11)15-3-1-14-2-4-16-9(12)13/h6,10,12-13H,1-5,8H2. The topological polar surface area (TPSA) is 135 Å². The van der Waals surface area contributed by atoms with Gasteiger partial charge in [0.25, 0.3) is 0 Å². The van der Waals surface area contributed by atoms with Crippen LogP contribution in [0.5, 0.6) is 0 Å². The molecule has 0 amide bonds. The lowest BCUT2D eigenvalue weighted by molar-refractivity contribution is -0.493. The zero-order chi connectivity index (χ0) is 12.4. The van der Waals surface area contributed by atoms with Gasteiger partial charge in [-0.25, -0.2) is 4.84 Å². The average Bonchev–Trinajstić information content (AvgIpc) is 2.25. The molecule has 0 aliphatic carbocycles. The molecule has 0 bridgehead atoms. The first-order chi connectivity index (χ1) is 7.57. The molecule has 9 heteroatoms. The molecule has 5 N–H and O–H groups in total. The number of carbonyl (C=O) groups excluding carboxylic acids is 1. The molecule has 0 radical (unpaired) electrons. The fourth-order valence-corrected chi connectivity index (χ4v) is 0.663. The van der Waals surface area contributed by atoms with E-state index in [1.165, 1.54) is 0 Å². The lowest BCUT2D eigenvalue weighted by atomic mass is 10.3. The van der Waals surface area contributed by atoms with E-state index in [2.05, 4.69) is 9.57 Å². The highest BCUT2D eigenvalue weighted by Crippen LogP contribution is 1.86. The summed E-state index contributed by atoms with van der Waals surface area (Å²) in [7, 11) is 0. The van der Waals surface area contributed by atoms with E-state index in [4.69, 9.17) is 26.0 Å². The van der Waals surface area contributed by atoms with Gasteiger partial charge in [-0.05, 0) is 0 Å². The number of nitrogens with zero attached hydrogens (tertiary/aromatic N) is 1. The number of aliphatic hydroxyl groups is 1. The largest absolute Gasteiger partial charge is 0.462 e. The minimum absolute atomic E-state index is 0.00546. The maximum absolute atomic E-state index is 10.9. The van der Waals surface area contributed by atoms with E-state index in [1.54, 1.807) is 0 Å². The smallest absolute Gasteiger partial charge is 0.325 e. The first-order valence-corrected chi connectivity index (χ1v) is 4.49. The van der Waals surface area contributed by atoms with E-state index >= 15 is 0 Å². The SMILES string of the molecule is NC(CO)C(=O)OCCOCCON(O)O. The number of aliphatic hydroxyl groups excluding tert-OH is 1. The number of nitrogens with two attached hydrogens (primary N) is 1. The Hall–Kier alpha value is -0.810. The number of esters is 1. The minimum atomic E-state index is -1.04. The van der Waals surface area contributed by atoms with Crippen molar-refractivity contribution >= 4 is 5.97 Å². The van der Waals surface area contributed by atoms with Crippen molar-refractivity contribution < 1.29 is 34.6 Å². The second-order valence-corrected chi connectivity index (χ2v) is 2.65. The molecule has 0 spiro atoms. The van der Waals surface area contributed by atoms with E-state index in [0.29, 0.717) is 0 Å². The van der Waals surface area contributed by atoms with Crippen LogP contribution in [0.2, 0.25) is 0 Å². The van der Waals surface area contributed by atoms with Crippen molar-refractivity contribution in [3.05, 3.63) is 0 Å². The van der Waals surface area contributed by atoms with Crippen molar-refractivity contribution in [2.24, 2.45) is 5.73 Å². The third kappa shape index (κ3) is 8.49. The van der Waals surface area contributed by atoms with Crippen LogP contribution in [0.3, 0.4) is 0 Å². The van der Waals surface area contributed by atoms with Gasteiger partial charge in [0.05, 0.1) is 31.8 Å². The Bertz CT molecular complexity index is 190. The quantitative estimate of drug-likeness (QED) is 0.202. The fourth-order valence-electron chi connectivity index (χ4n) is 0.663. The van der Waals surface area contributed by atoms with Crippen LogP contribution in [0.4, 0.5) is 0 Å². The molecule has 0 rings (SSSR count). The van der Waals surface area contributed by atoms with Crippen LogP contribution in [0, 0.1) is 0 Å². The Labute approximate surface area is 91.8 Å². The van der Waals surface area contributed by atoms with Crippen LogP contribution >= 0.6 is 0 Å². The van der Waals surface area contributed by atoms with Gasteiger partial charge < -0.3 is 20.3 Å². The number of ether oxygens (including phenoxy) is 2. The van der Waals surface area contributed by atoms with Gasteiger partial charge in [0.1, 0.15) is 12.6 Å². The first kappa shape index (κ1) is 15.2. The maximum atomic E-state index is 10.9. The number of hydrogen-bond donors (Lipinski definition) is 4. The second kappa shape index (κ2) is 9.42. The molecule has 0 aromatic carbocycles. The molecule has 0 saturated heterocycles. The third-order valence-corrected chi connectivity index (χ3v) is 1.41. The van der Waals surface area contributed by atoms with Gasteiger partial charge in [0, 0.05) is 0 Å². The molecule has 0 saturated carbocycles. The molecule has 0 aromatic heterocycles. The first-order valence-electron chi connectivity index (χ1n) is 4.49. The molecule has 1 atom stereocenters. The van der Waals surface area contributed by atoms with Crippen molar-refractivity contribution in [3.8, 4) is 0 Å². The predicted octanol–water partition coefficient (Wildman–Crippen LogP) is -2.12. The monoisotopic (exact) mass is 240 g/mol. The Morgan fingerprint density at radius 3 is 2.44 bits per heavy atom. The minimum Gasteiger partial charge on any atom is -0.462 e. The van der Waals surface area contributed by atoms with E-state index in [0.717, 1.165) is 0 Å². The molecule has 16 heavy (non-hydrogen) atoms. The summed E-state index contributed by atoms with van der Waals surface area (Å²) in [6.07, 6.45) is 0. The summed E-state index contributed by atoms with van der Waals surface area (Å²) in [6, 6.07) is -1.04. The fraction of sp³-hybridized carbons (Fsp3) is 0.857. The molecule has 0 heterocycles. The predicted molar refractivity (Wildman–Crippen MR) is 48.2 cm³/mol.